The molecule has 2 aromatic rings. The molecule has 3 heteroatoms. The van der Waals surface area contributed by atoms with Crippen LogP contribution in [0.5, 0.6) is 0 Å². The van der Waals surface area contributed by atoms with Gasteiger partial charge in [0.2, 0.25) is 0 Å². The van der Waals surface area contributed by atoms with Crippen LogP contribution in [-0.2, 0) is 0 Å². The summed E-state index contributed by atoms with van der Waals surface area (Å²) in [5.41, 5.74) is 2.52. The zero-order valence-electron chi connectivity index (χ0n) is 10.4. The molecule has 19 heavy (non-hydrogen) atoms. The number of nitrogens with zero attached hydrogens (tertiary/aromatic N) is 1. The summed E-state index contributed by atoms with van der Waals surface area (Å²) in [7, 11) is 0. The molecule has 1 aliphatic heterocycles. The Morgan fingerprint density at radius 2 is 1.58 bits per heavy atom. The first-order valence-electron chi connectivity index (χ1n) is 6.29. The number of benzene rings is 2. The van der Waals surface area contributed by atoms with Gasteiger partial charge in [-0.3, -0.25) is 4.99 Å². The minimum atomic E-state index is 0.251. The van der Waals surface area contributed by atoms with Crippen molar-refractivity contribution in [3.8, 4) is 0 Å². The molecule has 0 saturated carbocycles. The minimum absolute atomic E-state index is 0.251. The molecule has 0 fully saturated rings. The van der Waals surface area contributed by atoms with Crippen molar-refractivity contribution in [1.82, 2.24) is 0 Å². The average molecular weight is 332 g/mol. The van der Waals surface area contributed by atoms with Gasteiger partial charge in [0.15, 0.2) is 0 Å². The molecule has 1 aliphatic rings. The average Bonchev–Trinajstić information content (AvgIpc) is 2.93. The summed E-state index contributed by atoms with van der Waals surface area (Å²) < 4.78 is 0. The van der Waals surface area contributed by atoms with Gasteiger partial charge in [0, 0.05) is 16.1 Å². The molecule has 0 saturated heterocycles. The van der Waals surface area contributed by atoms with E-state index in [9.17, 15) is 0 Å². The van der Waals surface area contributed by atoms with E-state index in [0.717, 1.165) is 10.4 Å². The van der Waals surface area contributed by atoms with E-state index < -0.39 is 0 Å². The summed E-state index contributed by atoms with van der Waals surface area (Å²) >= 11 is 5.49. The lowest BCUT2D eigenvalue weighted by atomic mass is 10.1. The van der Waals surface area contributed by atoms with Crippen molar-refractivity contribution in [3.05, 3.63) is 71.8 Å². The second-order valence-corrected chi connectivity index (χ2v) is 6.34. The van der Waals surface area contributed by atoms with Gasteiger partial charge in [0.25, 0.3) is 0 Å². The number of aliphatic imine (C=N–C) groups is 1. The topological polar surface area (TPSA) is 12.4 Å². The van der Waals surface area contributed by atoms with Crippen molar-refractivity contribution in [2.45, 2.75) is 11.3 Å². The van der Waals surface area contributed by atoms with E-state index in [1.54, 1.807) is 0 Å². The Balaban J connectivity index is 1.93. The lowest BCUT2D eigenvalue weighted by molar-refractivity contribution is 0.743. The standard InChI is InChI=1S/C16H14BrNS/c17-11-14-15(12-7-3-1-4-8-12)18-16(19-14)13-9-5-2-6-10-13/h1-10,14-15H,11H2/t14-,15-/m0/s1. The summed E-state index contributed by atoms with van der Waals surface area (Å²) in [5.74, 6) is 0. The maximum Gasteiger partial charge on any atom is 0.0988 e. The van der Waals surface area contributed by atoms with Gasteiger partial charge < -0.3 is 0 Å². The number of thioether (sulfide) groups is 1. The lowest BCUT2D eigenvalue weighted by Crippen LogP contribution is -2.10. The minimum Gasteiger partial charge on any atom is -0.269 e. The lowest BCUT2D eigenvalue weighted by Gasteiger charge is -2.14. The molecular weight excluding hydrogens is 318 g/mol. The first-order chi connectivity index (χ1) is 9.38. The van der Waals surface area contributed by atoms with E-state index in [1.807, 2.05) is 17.8 Å². The molecule has 1 nitrogen and oxygen atoms in total. The van der Waals surface area contributed by atoms with Crippen molar-refractivity contribution >= 4 is 32.7 Å². The highest BCUT2D eigenvalue weighted by Gasteiger charge is 2.30. The highest BCUT2D eigenvalue weighted by atomic mass is 79.9. The van der Waals surface area contributed by atoms with Crippen LogP contribution in [0.1, 0.15) is 17.2 Å². The van der Waals surface area contributed by atoms with E-state index in [4.69, 9.17) is 4.99 Å². The van der Waals surface area contributed by atoms with Crippen molar-refractivity contribution in [1.29, 1.82) is 0 Å². The highest BCUT2D eigenvalue weighted by Crippen LogP contribution is 2.40. The van der Waals surface area contributed by atoms with Gasteiger partial charge in [0.05, 0.1) is 11.1 Å². The molecule has 2 atom stereocenters. The molecule has 3 rings (SSSR count). The van der Waals surface area contributed by atoms with Gasteiger partial charge in [-0.1, -0.05) is 88.4 Å². The summed E-state index contributed by atoms with van der Waals surface area (Å²) in [6.07, 6.45) is 0. The smallest absolute Gasteiger partial charge is 0.0988 e. The van der Waals surface area contributed by atoms with Crippen LogP contribution in [0.2, 0.25) is 0 Å². The number of rotatable bonds is 3. The number of alkyl halides is 1. The van der Waals surface area contributed by atoms with Crippen LogP contribution in [0, 0.1) is 0 Å². The second-order valence-electron chi connectivity index (χ2n) is 4.47. The van der Waals surface area contributed by atoms with Gasteiger partial charge in [-0.2, -0.15) is 0 Å². The molecule has 0 N–H and O–H groups in total. The maximum absolute atomic E-state index is 4.93. The zero-order valence-corrected chi connectivity index (χ0v) is 12.8. The Hall–Kier alpha value is -1.06. The van der Waals surface area contributed by atoms with Gasteiger partial charge in [0.1, 0.15) is 0 Å². The number of hydrogen-bond acceptors (Lipinski definition) is 2. The number of halogens is 1. The first-order valence-corrected chi connectivity index (χ1v) is 8.29. The predicted molar refractivity (Wildman–Crippen MR) is 87.3 cm³/mol. The Morgan fingerprint density at radius 1 is 0.947 bits per heavy atom. The van der Waals surface area contributed by atoms with E-state index in [-0.39, 0.29) is 6.04 Å². The highest BCUT2D eigenvalue weighted by molar-refractivity contribution is 9.09. The van der Waals surface area contributed by atoms with Crippen LogP contribution >= 0.6 is 27.7 Å². The molecule has 96 valence electrons. The van der Waals surface area contributed by atoms with Crippen molar-refractivity contribution in [2.75, 3.05) is 5.33 Å². The van der Waals surface area contributed by atoms with E-state index >= 15 is 0 Å². The first kappa shape index (κ1) is 12.9. The molecular formula is C16H14BrNS. The summed E-state index contributed by atoms with van der Waals surface area (Å²) in [5, 5.41) is 2.58. The van der Waals surface area contributed by atoms with Gasteiger partial charge >= 0.3 is 0 Å². The normalized spacial score (nSPS) is 22.3. The third-order valence-electron chi connectivity index (χ3n) is 3.19. The SMILES string of the molecule is BrC[C@@H]1SC(c2ccccc2)=N[C@H]1c1ccccc1. The van der Waals surface area contributed by atoms with Crippen molar-refractivity contribution < 1.29 is 0 Å². The Morgan fingerprint density at radius 3 is 2.21 bits per heavy atom. The summed E-state index contributed by atoms with van der Waals surface area (Å²) in [6.45, 7) is 0. The monoisotopic (exact) mass is 331 g/mol. The van der Waals surface area contributed by atoms with Gasteiger partial charge in [-0.15, -0.1) is 0 Å². The maximum atomic E-state index is 4.93. The van der Waals surface area contributed by atoms with Crippen LogP contribution < -0.4 is 0 Å². The van der Waals surface area contributed by atoms with Crippen LogP contribution in [0.4, 0.5) is 0 Å². The van der Waals surface area contributed by atoms with Gasteiger partial charge in [-0.25, -0.2) is 0 Å². The molecule has 0 amide bonds. The third kappa shape index (κ3) is 2.77. The Kier molecular flexibility index (Phi) is 4.04. The van der Waals surface area contributed by atoms with E-state index in [0.29, 0.717) is 5.25 Å². The van der Waals surface area contributed by atoms with Crippen LogP contribution in [0.25, 0.3) is 0 Å². The fourth-order valence-electron chi connectivity index (χ4n) is 2.23. The quantitative estimate of drug-likeness (QED) is 0.743. The fourth-order valence-corrected chi connectivity index (χ4v) is 4.12. The third-order valence-corrected chi connectivity index (χ3v) is 5.60. The van der Waals surface area contributed by atoms with Crippen molar-refractivity contribution in [2.24, 2.45) is 4.99 Å². The van der Waals surface area contributed by atoms with Crippen molar-refractivity contribution in [3.63, 3.8) is 0 Å². The van der Waals surface area contributed by atoms with E-state index in [2.05, 4.69) is 70.5 Å². The predicted octanol–water partition coefficient (Wildman–Crippen LogP) is 4.68. The number of hydrogen-bond donors (Lipinski definition) is 0. The van der Waals surface area contributed by atoms with Gasteiger partial charge in [-0.05, 0) is 5.56 Å². The molecule has 0 aliphatic carbocycles. The fraction of sp³-hybridized carbons (Fsp3) is 0.188. The zero-order chi connectivity index (χ0) is 13.1. The molecule has 0 radical (unpaired) electrons. The molecule has 0 spiro atoms. The van der Waals surface area contributed by atoms with Crippen LogP contribution in [0.3, 0.4) is 0 Å². The Bertz CT molecular complexity index is 568. The van der Waals surface area contributed by atoms with Crippen LogP contribution in [0.15, 0.2) is 65.7 Å². The molecule has 0 aromatic heterocycles. The second kappa shape index (κ2) is 5.93. The summed E-state index contributed by atoms with van der Waals surface area (Å²) in [4.78, 5) is 4.93. The van der Waals surface area contributed by atoms with Crippen LogP contribution in [-0.4, -0.2) is 15.6 Å². The molecule has 1 heterocycles. The summed E-state index contributed by atoms with van der Waals surface area (Å²) in [6, 6.07) is 21.2. The Labute approximate surface area is 126 Å². The molecule has 0 bridgehead atoms. The largest absolute Gasteiger partial charge is 0.269 e. The molecule has 0 unspecified atom stereocenters. The molecule has 2 aromatic carbocycles. The van der Waals surface area contributed by atoms with E-state index in [1.165, 1.54) is 11.1 Å².